The smallest absolute Gasteiger partial charge is 0.278 e. The highest BCUT2D eigenvalue weighted by molar-refractivity contribution is 6.31. The van der Waals surface area contributed by atoms with Gasteiger partial charge < -0.3 is 9.09 Å². The second kappa shape index (κ2) is 5.78. The lowest BCUT2D eigenvalue weighted by molar-refractivity contribution is 0.401. The number of hydrogen-bond acceptors (Lipinski definition) is 5. The van der Waals surface area contributed by atoms with Gasteiger partial charge in [-0.25, -0.2) is 4.98 Å². The standard InChI is InChI=1S/C20H19ClN6O/c1-20(2,3)19-23-18(28-25-19)17-15-7-11-9-26(4)24-16(11)13-8-12(21)5-6-14(13)27(15)10-22-17/h5-6,8-10H,7H2,1-4H3. The first-order chi connectivity index (χ1) is 13.3. The summed E-state index contributed by atoms with van der Waals surface area (Å²) in [6, 6.07) is 5.81. The van der Waals surface area contributed by atoms with Crippen LogP contribution in [-0.2, 0) is 18.9 Å². The zero-order valence-corrected chi connectivity index (χ0v) is 16.8. The molecular weight excluding hydrogens is 376 g/mol. The van der Waals surface area contributed by atoms with Crippen molar-refractivity contribution in [1.29, 1.82) is 0 Å². The third-order valence-corrected chi connectivity index (χ3v) is 5.14. The molecule has 0 fully saturated rings. The molecular formula is C20H19ClN6O. The van der Waals surface area contributed by atoms with Gasteiger partial charge in [0.2, 0.25) is 0 Å². The minimum absolute atomic E-state index is 0.196. The lowest BCUT2D eigenvalue weighted by Gasteiger charge is -2.11. The van der Waals surface area contributed by atoms with Crippen LogP contribution in [0.15, 0.2) is 35.2 Å². The Labute approximate surface area is 167 Å². The third-order valence-electron chi connectivity index (χ3n) is 4.90. The summed E-state index contributed by atoms with van der Waals surface area (Å²) in [4.78, 5) is 9.21. The molecule has 1 aliphatic rings. The van der Waals surface area contributed by atoms with E-state index >= 15 is 0 Å². The van der Waals surface area contributed by atoms with Crippen LogP contribution in [0.2, 0.25) is 5.02 Å². The van der Waals surface area contributed by atoms with Crippen LogP contribution in [0.3, 0.4) is 0 Å². The van der Waals surface area contributed by atoms with Crippen LogP contribution < -0.4 is 0 Å². The zero-order valence-electron chi connectivity index (χ0n) is 16.1. The molecule has 0 aliphatic carbocycles. The van der Waals surface area contributed by atoms with Crippen molar-refractivity contribution in [3.05, 3.63) is 52.8 Å². The van der Waals surface area contributed by atoms with E-state index in [0.717, 1.165) is 28.2 Å². The average molecular weight is 395 g/mol. The van der Waals surface area contributed by atoms with Crippen LogP contribution in [0, 0.1) is 0 Å². The van der Waals surface area contributed by atoms with Crippen LogP contribution in [0.5, 0.6) is 0 Å². The molecule has 7 nitrogen and oxygen atoms in total. The normalized spacial score (nSPS) is 13.0. The van der Waals surface area contributed by atoms with Crippen molar-refractivity contribution in [2.75, 3.05) is 0 Å². The molecule has 0 atom stereocenters. The molecule has 3 aromatic heterocycles. The number of fused-ring (bicyclic) bond motifs is 5. The first kappa shape index (κ1) is 17.2. The van der Waals surface area contributed by atoms with Crippen LogP contribution in [0.1, 0.15) is 37.9 Å². The van der Waals surface area contributed by atoms with E-state index in [1.807, 2.05) is 36.1 Å². The van der Waals surface area contributed by atoms with Crippen LogP contribution >= 0.6 is 11.6 Å². The third kappa shape index (κ3) is 2.57. The Morgan fingerprint density at radius 3 is 2.75 bits per heavy atom. The maximum absolute atomic E-state index is 6.28. The number of halogens is 1. The molecule has 0 spiro atoms. The van der Waals surface area contributed by atoms with Crippen molar-refractivity contribution < 1.29 is 4.52 Å². The van der Waals surface area contributed by atoms with E-state index in [4.69, 9.17) is 16.1 Å². The summed E-state index contributed by atoms with van der Waals surface area (Å²) in [5.41, 5.74) is 5.47. The second-order valence-corrected chi connectivity index (χ2v) is 8.53. The van der Waals surface area contributed by atoms with Crippen molar-refractivity contribution in [1.82, 2.24) is 29.5 Å². The van der Waals surface area contributed by atoms with Gasteiger partial charge in [-0.05, 0) is 18.2 Å². The number of aryl methyl sites for hydroxylation is 1. The van der Waals surface area contributed by atoms with Crippen molar-refractivity contribution in [2.24, 2.45) is 7.05 Å². The van der Waals surface area contributed by atoms with Crippen molar-refractivity contribution in [2.45, 2.75) is 32.6 Å². The average Bonchev–Trinajstić information content (AvgIpc) is 3.32. The second-order valence-electron chi connectivity index (χ2n) is 8.10. The highest BCUT2D eigenvalue weighted by atomic mass is 35.5. The van der Waals surface area contributed by atoms with E-state index in [9.17, 15) is 0 Å². The van der Waals surface area contributed by atoms with Gasteiger partial charge in [0.25, 0.3) is 5.89 Å². The Kier molecular flexibility index (Phi) is 3.55. The van der Waals surface area contributed by atoms with Crippen LogP contribution in [0.4, 0.5) is 0 Å². The van der Waals surface area contributed by atoms with Gasteiger partial charge in [0, 0.05) is 41.2 Å². The Morgan fingerprint density at radius 2 is 2.00 bits per heavy atom. The van der Waals surface area contributed by atoms with E-state index in [2.05, 4.69) is 45.6 Å². The molecule has 8 heteroatoms. The molecule has 0 saturated heterocycles. The Bertz CT molecular complexity index is 1210. The minimum atomic E-state index is -0.196. The maximum atomic E-state index is 6.28. The summed E-state index contributed by atoms with van der Waals surface area (Å²) < 4.78 is 9.45. The predicted octanol–water partition coefficient (Wildman–Crippen LogP) is 4.18. The largest absolute Gasteiger partial charge is 0.332 e. The lowest BCUT2D eigenvalue weighted by Crippen LogP contribution is -2.13. The number of imidazole rings is 1. The highest BCUT2D eigenvalue weighted by Gasteiger charge is 2.28. The molecule has 0 unspecified atom stereocenters. The van der Waals surface area contributed by atoms with Gasteiger partial charge in [0.15, 0.2) is 11.5 Å². The molecule has 0 saturated carbocycles. The fraction of sp³-hybridized carbons (Fsp3) is 0.300. The monoisotopic (exact) mass is 394 g/mol. The summed E-state index contributed by atoms with van der Waals surface area (Å²) in [6.45, 7) is 6.16. The SMILES string of the molecule is Cn1cc2c(n1)-c1cc(Cl)ccc1-n1cnc(-c3nc(C(C)(C)C)no3)c1C2. The summed E-state index contributed by atoms with van der Waals surface area (Å²) in [6.07, 6.45) is 4.48. The molecule has 0 radical (unpaired) electrons. The van der Waals surface area contributed by atoms with Crippen LogP contribution in [0.25, 0.3) is 28.5 Å². The fourth-order valence-electron chi connectivity index (χ4n) is 3.54. The summed E-state index contributed by atoms with van der Waals surface area (Å²) in [5, 5.41) is 9.49. The molecule has 4 aromatic rings. The molecule has 5 rings (SSSR count). The topological polar surface area (TPSA) is 74.6 Å². The molecule has 0 amide bonds. The minimum Gasteiger partial charge on any atom is -0.332 e. The van der Waals surface area contributed by atoms with E-state index in [1.165, 1.54) is 0 Å². The number of rotatable bonds is 1. The van der Waals surface area contributed by atoms with E-state index in [1.54, 1.807) is 6.33 Å². The molecule has 0 bridgehead atoms. The summed E-state index contributed by atoms with van der Waals surface area (Å²) in [5.74, 6) is 1.09. The Hall–Kier alpha value is -2.93. The van der Waals surface area contributed by atoms with Gasteiger partial charge in [-0.3, -0.25) is 4.68 Å². The van der Waals surface area contributed by atoms with Gasteiger partial charge in [-0.2, -0.15) is 10.1 Å². The van der Waals surface area contributed by atoms with E-state index in [0.29, 0.717) is 28.9 Å². The van der Waals surface area contributed by atoms with Crippen molar-refractivity contribution >= 4 is 11.6 Å². The van der Waals surface area contributed by atoms with E-state index < -0.39 is 0 Å². The molecule has 4 heterocycles. The summed E-state index contributed by atoms with van der Waals surface area (Å²) in [7, 11) is 1.92. The maximum Gasteiger partial charge on any atom is 0.278 e. The van der Waals surface area contributed by atoms with Gasteiger partial charge >= 0.3 is 0 Å². The molecule has 142 valence electrons. The quantitative estimate of drug-likeness (QED) is 0.426. The lowest BCUT2D eigenvalue weighted by atomic mass is 9.96. The number of aromatic nitrogens is 6. The Morgan fingerprint density at radius 1 is 1.18 bits per heavy atom. The van der Waals surface area contributed by atoms with Gasteiger partial charge in [0.05, 0.1) is 17.1 Å². The van der Waals surface area contributed by atoms with Crippen LogP contribution in [-0.4, -0.2) is 29.5 Å². The molecule has 0 N–H and O–H groups in total. The molecule has 28 heavy (non-hydrogen) atoms. The van der Waals surface area contributed by atoms with Crippen molar-refractivity contribution in [3.63, 3.8) is 0 Å². The number of hydrogen-bond donors (Lipinski definition) is 0. The molecule has 1 aliphatic heterocycles. The number of nitrogens with zero attached hydrogens (tertiary/aromatic N) is 6. The van der Waals surface area contributed by atoms with Crippen molar-refractivity contribution in [3.8, 4) is 28.5 Å². The summed E-state index contributed by atoms with van der Waals surface area (Å²) >= 11 is 6.28. The van der Waals surface area contributed by atoms with E-state index in [-0.39, 0.29) is 5.41 Å². The van der Waals surface area contributed by atoms with Gasteiger partial charge in [-0.15, -0.1) is 0 Å². The zero-order chi connectivity index (χ0) is 19.6. The first-order valence-corrected chi connectivity index (χ1v) is 9.42. The highest BCUT2D eigenvalue weighted by Crippen LogP contribution is 2.38. The number of benzene rings is 1. The van der Waals surface area contributed by atoms with Gasteiger partial charge in [-0.1, -0.05) is 37.5 Å². The first-order valence-electron chi connectivity index (χ1n) is 9.05. The Balaban J connectivity index is 1.73. The molecule has 1 aromatic carbocycles. The predicted molar refractivity (Wildman–Crippen MR) is 106 cm³/mol. The fourth-order valence-corrected chi connectivity index (χ4v) is 3.71. The van der Waals surface area contributed by atoms with Gasteiger partial charge in [0.1, 0.15) is 6.33 Å².